The van der Waals surface area contributed by atoms with E-state index >= 15 is 0 Å². The summed E-state index contributed by atoms with van der Waals surface area (Å²) >= 11 is 0. The molecule has 2 nitrogen and oxygen atoms in total. The molecule has 0 bridgehead atoms. The summed E-state index contributed by atoms with van der Waals surface area (Å²) in [7, 11) is 0. The van der Waals surface area contributed by atoms with Gasteiger partial charge in [0, 0.05) is 13.2 Å². The summed E-state index contributed by atoms with van der Waals surface area (Å²) in [5, 5.41) is 0. The molecule has 1 rings (SSSR count). The third-order valence-electron chi connectivity index (χ3n) is 2.21. The first kappa shape index (κ1) is 8.47. The molecular weight excluding hydrogens is 140 g/mol. The van der Waals surface area contributed by atoms with Crippen molar-refractivity contribution >= 4 is 6.29 Å². The molecular formula is C9H14O2. The summed E-state index contributed by atoms with van der Waals surface area (Å²) in [6, 6.07) is 0. The van der Waals surface area contributed by atoms with Gasteiger partial charge in [0.25, 0.3) is 0 Å². The van der Waals surface area contributed by atoms with E-state index in [0.29, 0.717) is 0 Å². The predicted molar refractivity (Wildman–Crippen MR) is 43.4 cm³/mol. The number of carbonyl (C=O) groups is 1. The van der Waals surface area contributed by atoms with E-state index in [1.54, 1.807) is 6.08 Å². The van der Waals surface area contributed by atoms with Gasteiger partial charge in [-0.1, -0.05) is 13.0 Å². The van der Waals surface area contributed by atoms with Gasteiger partial charge < -0.3 is 4.74 Å². The molecule has 0 aromatic rings. The second kappa shape index (κ2) is 3.67. The lowest BCUT2D eigenvalue weighted by molar-refractivity contribution is -0.104. The van der Waals surface area contributed by atoms with Crippen LogP contribution in [0.1, 0.15) is 19.8 Å². The Labute approximate surface area is 67.2 Å². The molecule has 0 aliphatic carbocycles. The minimum absolute atomic E-state index is 0.194. The molecule has 0 atom stereocenters. The van der Waals surface area contributed by atoms with Crippen molar-refractivity contribution in [2.24, 2.45) is 5.41 Å². The smallest absolute Gasteiger partial charge is 0.142 e. The molecule has 0 N–H and O–H groups in total. The Morgan fingerprint density at radius 2 is 2.00 bits per heavy atom. The summed E-state index contributed by atoms with van der Waals surface area (Å²) in [4.78, 5) is 10.1. The molecule has 11 heavy (non-hydrogen) atoms. The summed E-state index contributed by atoms with van der Waals surface area (Å²) in [5.74, 6) is 0. The SMILES string of the molecule is CC1(C=CC=O)CCOCC1. The summed E-state index contributed by atoms with van der Waals surface area (Å²) in [5.41, 5.74) is 0.194. The minimum Gasteiger partial charge on any atom is -0.381 e. The standard InChI is InChI=1S/C9H14O2/c1-9(3-2-6-10)4-7-11-8-5-9/h2-3,6H,4-5,7-8H2,1H3. The van der Waals surface area contributed by atoms with Gasteiger partial charge in [0.1, 0.15) is 6.29 Å². The Bertz CT molecular complexity index is 155. The fraction of sp³-hybridized carbons (Fsp3) is 0.667. The third kappa shape index (κ3) is 2.46. The molecule has 0 aromatic carbocycles. The second-order valence-corrected chi connectivity index (χ2v) is 3.26. The van der Waals surface area contributed by atoms with Crippen molar-refractivity contribution in [1.29, 1.82) is 0 Å². The van der Waals surface area contributed by atoms with Crippen molar-refractivity contribution in [3.63, 3.8) is 0 Å². The molecule has 0 saturated carbocycles. The van der Waals surface area contributed by atoms with Gasteiger partial charge >= 0.3 is 0 Å². The highest BCUT2D eigenvalue weighted by molar-refractivity contribution is 5.64. The fourth-order valence-corrected chi connectivity index (χ4v) is 1.28. The number of hydrogen-bond donors (Lipinski definition) is 0. The lowest BCUT2D eigenvalue weighted by Gasteiger charge is -2.30. The van der Waals surface area contributed by atoms with Gasteiger partial charge in [0.15, 0.2) is 0 Å². The first-order valence-electron chi connectivity index (χ1n) is 3.98. The fourth-order valence-electron chi connectivity index (χ4n) is 1.28. The van der Waals surface area contributed by atoms with E-state index in [9.17, 15) is 4.79 Å². The Morgan fingerprint density at radius 1 is 1.36 bits per heavy atom. The van der Waals surface area contributed by atoms with Crippen molar-refractivity contribution in [3.05, 3.63) is 12.2 Å². The zero-order chi connectivity index (χ0) is 8.16. The summed E-state index contributed by atoms with van der Waals surface area (Å²) < 4.78 is 5.22. The molecule has 1 aliphatic rings. The van der Waals surface area contributed by atoms with Crippen LogP contribution in [0.15, 0.2) is 12.2 Å². The van der Waals surface area contributed by atoms with Gasteiger partial charge in [-0.3, -0.25) is 4.79 Å². The normalized spacial score (nSPS) is 23.7. The topological polar surface area (TPSA) is 26.3 Å². The molecule has 1 heterocycles. The first-order chi connectivity index (χ1) is 5.27. The number of hydrogen-bond acceptors (Lipinski definition) is 2. The van der Waals surface area contributed by atoms with Crippen LogP contribution in [0.3, 0.4) is 0 Å². The van der Waals surface area contributed by atoms with Gasteiger partial charge in [-0.05, 0) is 24.3 Å². The van der Waals surface area contributed by atoms with Crippen molar-refractivity contribution < 1.29 is 9.53 Å². The number of rotatable bonds is 2. The van der Waals surface area contributed by atoms with Crippen LogP contribution < -0.4 is 0 Å². The van der Waals surface area contributed by atoms with Crippen molar-refractivity contribution in [1.82, 2.24) is 0 Å². The number of aldehydes is 1. The van der Waals surface area contributed by atoms with Crippen LogP contribution in [0, 0.1) is 5.41 Å². The average Bonchev–Trinajstić information content (AvgIpc) is 2.03. The van der Waals surface area contributed by atoms with Gasteiger partial charge in [-0.15, -0.1) is 0 Å². The highest BCUT2D eigenvalue weighted by atomic mass is 16.5. The van der Waals surface area contributed by atoms with E-state index in [0.717, 1.165) is 32.3 Å². The van der Waals surface area contributed by atoms with Gasteiger partial charge in [0.2, 0.25) is 0 Å². The Hall–Kier alpha value is -0.630. The van der Waals surface area contributed by atoms with Gasteiger partial charge in [-0.2, -0.15) is 0 Å². The molecule has 0 spiro atoms. The monoisotopic (exact) mass is 154 g/mol. The zero-order valence-corrected chi connectivity index (χ0v) is 6.88. The maximum atomic E-state index is 10.1. The lowest BCUT2D eigenvalue weighted by Crippen LogP contribution is -2.24. The van der Waals surface area contributed by atoms with Crippen LogP contribution in [0.25, 0.3) is 0 Å². The highest BCUT2D eigenvalue weighted by Gasteiger charge is 2.23. The molecule has 1 aliphatic heterocycles. The van der Waals surface area contributed by atoms with Crippen LogP contribution >= 0.6 is 0 Å². The highest BCUT2D eigenvalue weighted by Crippen LogP contribution is 2.30. The van der Waals surface area contributed by atoms with Crippen LogP contribution in [0.2, 0.25) is 0 Å². The van der Waals surface area contributed by atoms with Gasteiger partial charge in [0.05, 0.1) is 0 Å². The van der Waals surface area contributed by atoms with E-state index in [4.69, 9.17) is 4.74 Å². The number of carbonyl (C=O) groups excluding carboxylic acids is 1. The van der Waals surface area contributed by atoms with Crippen LogP contribution in [0.5, 0.6) is 0 Å². The molecule has 1 fully saturated rings. The molecule has 62 valence electrons. The maximum absolute atomic E-state index is 10.1. The Morgan fingerprint density at radius 3 is 2.55 bits per heavy atom. The largest absolute Gasteiger partial charge is 0.381 e. The predicted octanol–water partition coefficient (Wildman–Crippen LogP) is 1.56. The van der Waals surface area contributed by atoms with E-state index in [2.05, 4.69) is 6.92 Å². The van der Waals surface area contributed by atoms with Crippen molar-refractivity contribution in [2.45, 2.75) is 19.8 Å². The molecule has 0 amide bonds. The summed E-state index contributed by atoms with van der Waals surface area (Å²) in [6.07, 6.45) is 6.46. The molecule has 0 unspecified atom stereocenters. The molecule has 0 radical (unpaired) electrons. The molecule has 1 saturated heterocycles. The van der Waals surface area contributed by atoms with E-state index < -0.39 is 0 Å². The molecule has 2 heteroatoms. The summed E-state index contributed by atoms with van der Waals surface area (Å²) in [6.45, 7) is 3.80. The number of ether oxygens (including phenoxy) is 1. The van der Waals surface area contributed by atoms with E-state index in [-0.39, 0.29) is 5.41 Å². The Balaban J connectivity index is 2.49. The third-order valence-corrected chi connectivity index (χ3v) is 2.21. The average molecular weight is 154 g/mol. The Kier molecular flexibility index (Phi) is 2.83. The van der Waals surface area contributed by atoms with Crippen LogP contribution in [-0.4, -0.2) is 19.5 Å². The van der Waals surface area contributed by atoms with Crippen LogP contribution in [0.4, 0.5) is 0 Å². The number of allylic oxidation sites excluding steroid dienone is 2. The van der Waals surface area contributed by atoms with Crippen LogP contribution in [-0.2, 0) is 9.53 Å². The van der Waals surface area contributed by atoms with E-state index in [1.807, 2.05) is 6.08 Å². The minimum atomic E-state index is 0.194. The van der Waals surface area contributed by atoms with Crippen molar-refractivity contribution in [3.8, 4) is 0 Å². The lowest BCUT2D eigenvalue weighted by atomic mass is 9.82. The first-order valence-corrected chi connectivity index (χ1v) is 3.98. The second-order valence-electron chi connectivity index (χ2n) is 3.26. The quantitative estimate of drug-likeness (QED) is 0.445. The molecule has 0 aromatic heterocycles. The zero-order valence-electron chi connectivity index (χ0n) is 6.88. The van der Waals surface area contributed by atoms with Gasteiger partial charge in [-0.25, -0.2) is 0 Å². The van der Waals surface area contributed by atoms with E-state index in [1.165, 1.54) is 0 Å². The maximum Gasteiger partial charge on any atom is 0.142 e. The van der Waals surface area contributed by atoms with Crippen molar-refractivity contribution in [2.75, 3.05) is 13.2 Å².